The van der Waals surface area contributed by atoms with E-state index in [2.05, 4.69) is 10.9 Å². The molecule has 1 aromatic rings. The zero-order valence-electron chi connectivity index (χ0n) is 5.54. The predicted molar refractivity (Wildman–Crippen MR) is 40.1 cm³/mol. The molecular weight excluding hydrogens is 124 g/mol. The van der Waals surface area contributed by atoms with Gasteiger partial charge in [0.25, 0.3) is 0 Å². The third-order valence-corrected chi connectivity index (χ3v) is 1.24. The highest BCUT2D eigenvalue weighted by atomic mass is 14.7. The Bertz CT molecular complexity index is 260. The first kappa shape index (κ1) is 6.79. The summed E-state index contributed by atoms with van der Waals surface area (Å²) in [6.07, 6.45) is 6.86. The van der Waals surface area contributed by atoms with Crippen LogP contribution >= 0.6 is 0 Å². The van der Waals surface area contributed by atoms with Crippen molar-refractivity contribution in [2.24, 2.45) is 5.73 Å². The van der Waals surface area contributed by atoms with Gasteiger partial charge in [-0.05, 0) is 12.1 Å². The Morgan fingerprint density at radius 2 is 2.50 bits per heavy atom. The van der Waals surface area contributed by atoms with Crippen LogP contribution < -0.4 is 5.73 Å². The largest absolute Gasteiger partial charge is 0.325 e. The molecule has 0 aliphatic heterocycles. The maximum absolute atomic E-state index is 5.37. The second kappa shape index (κ2) is 3.00. The van der Waals surface area contributed by atoms with Gasteiger partial charge in [0.05, 0.1) is 5.69 Å². The summed E-state index contributed by atoms with van der Waals surface area (Å²) >= 11 is 0. The highest BCUT2D eigenvalue weighted by Crippen LogP contribution is 2.00. The van der Waals surface area contributed by atoms with Gasteiger partial charge in [-0.1, -0.05) is 5.92 Å². The third-order valence-electron chi connectivity index (χ3n) is 1.24. The molecule has 0 amide bonds. The van der Waals surface area contributed by atoms with Crippen LogP contribution in [0.1, 0.15) is 11.3 Å². The molecule has 0 unspecified atom stereocenters. The molecule has 0 bridgehead atoms. The van der Waals surface area contributed by atoms with E-state index in [-0.39, 0.29) is 0 Å². The van der Waals surface area contributed by atoms with Gasteiger partial charge in [0.15, 0.2) is 0 Å². The number of nitrogens with zero attached hydrogens (tertiary/aromatic N) is 1. The molecule has 2 heteroatoms. The highest BCUT2D eigenvalue weighted by molar-refractivity contribution is 5.35. The minimum atomic E-state index is 0.403. The molecule has 1 aromatic heterocycles. The minimum absolute atomic E-state index is 0.403. The van der Waals surface area contributed by atoms with Crippen LogP contribution in [0.5, 0.6) is 0 Å². The molecule has 0 aliphatic carbocycles. The highest BCUT2D eigenvalue weighted by Gasteiger charge is 1.94. The van der Waals surface area contributed by atoms with Gasteiger partial charge in [-0.3, -0.25) is 4.98 Å². The molecule has 0 atom stereocenters. The zero-order chi connectivity index (χ0) is 7.40. The zero-order valence-corrected chi connectivity index (χ0v) is 5.54. The maximum Gasteiger partial charge on any atom is 0.0695 e. The van der Waals surface area contributed by atoms with Crippen LogP contribution in [0.3, 0.4) is 0 Å². The molecule has 10 heavy (non-hydrogen) atoms. The number of rotatable bonds is 1. The summed E-state index contributed by atoms with van der Waals surface area (Å²) in [5.74, 6) is 2.50. The van der Waals surface area contributed by atoms with E-state index < -0.39 is 0 Å². The van der Waals surface area contributed by atoms with Gasteiger partial charge in [0.2, 0.25) is 0 Å². The van der Waals surface area contributed by atoms with Gasteiger partial charge >= 0.3 is 0 Å². The number of pyridine rings is 1. The Labute approximate surface area is 60.1 Å². The maximum atomic E-state index is 5.37. The number of hydrogen-bond acceptors (Lipinski definition) is 2. The average Bonchev–Trinajstić information content (AvgIpc) is 2.04. The van der Waals surface area contributed by atoms with Crippen molar-refractivity contribution >= 4 is 0 Å². The first-order valence-corrected chi connectivity index (χ1v) is 2.99. The summed E-state index contributed by atoms with van der Waals surface area (Å²) in [6.45, 7) is 0.403. The number of hydrogen-bond donors (Lipinski definition) is 1. The molecule has 0 saturated heterocycles. The molecule has 0 aromatic carbocycles. The van der Waals surface area contributed by atoms with Gasteiger partial charge in [-0.25, -0.2) is 0 Å². The number of terminal acetylenes is 1. The quantitative estimate of drug-likeness (QED) is 0.566. The summed E-state index contributed by atoms with van der Waals surface area (Å²) in [7, 11) is 0. The van der Waals surface area contributed by atoms with Crippen molar-refractivity contribution in [3.63, 3.8) is 0 Å². The molecule has 1 heterocycles. The van der Waals surface area contributed by atoms with Gasteiger partial charge in [-0.2, -0.15) is 0 Å². The van der Waals surface area contributed by atoms with Crippen molar-refractivity contribution in [2.45, 2.75) is 6.54 Å². The summed E-state index contributed by atoms with van der Waals surface area (Å²) < 4.78 is 0. The SMILES string of the molecule is C#Cc1cccnc1CN. The van der Waals surface area contributed by atoms with E-state index >= 15 is 0 Å². The van der Waals surface area contributed by atoms with Crippen molar-refractivity contribution < 1.29 is 0 Å². The van der Waals surface area contributed by atoms with Crippen LogP contribution in [0.4, 0.5) is 0 Å². The Morgan fingerprint density at radius 3 is 3.00 bits per heavy atom. The fourth-order valence-electron chi connectivity index (χ4n) is 0.732. The van der Waals surface area contributed by atoms with E-state index in [0.717, 1.165) is 11.3 Å². The van der Waals surface area contributed by atoms with E-state index in [1.54, 1.807) is 12.3 Å². The lowest BCUT2D eigenvalue weighted by molar-refractivity contribution is 0.983. The fourth-order valence-corrected chi connectivity index (χ4v) is 0.732. The Hall–Kier alpha value is -1.33. The van der Waals surface area contributed by atoms with Crippen LogP contribution in [0.15, 0.2) is 18.3 Å². The van der Waals surface area contributed by atoms with E-state index in [4.69, 9.17) is 12.2 Å². The van der Waals surface area contributed by atoms with Gasteiger partial charge in [-0.15, -0.1) is 6.42 Å². The van der Waals surface area contributed by atoms with Gasteiger partial charge in [0.1, 0.15) is 0 Å². The summed E-state index contributed by atoms with van der Waals surface area (Å²) in [5.41, 5.74) is 6.93. The van der Waals surface area contributed by atoms with Crippen LogP contribution in [-0.2, 0) is 6.54 Å². The van der Waals surface area contributed by atoms with E-state index in [9.17, 15) is 0 Å². The molecule has 50 valence electrons. The van der Waals surface area contributed by atoms with Crippen molar-refractivity contribution in [3.05, 3.63) is 29.6 Å². The van der Waals surface area contributed by atoms with Crippen molar-refractivity contribution in [1.29, 1.82) is 0 Å². The number of aromatic nitrogens is 1. The van der Waals surface area contributed by atoms with E-state index in [1.807, 2.05) is 6.07 Å². The molecule has 0 spiro atoms. The summed E-state index contributed by atoms with van der Waals surface area (Å²) in [5, 5.41) is 0. The average molecular weight is 132 g/mol. The molecule has 0 aliphatic rings. The fraction of sp³-hybridized carbons (Fsp3) is 0.125. The molecule has 2 N–H and O–H groups in total. The lowest BCUT2D eigenvalue weighted by atomic mass is 10.2. The molecular formula is C8H8N2. The summed E-state index contributed by atoms with van der Waals surface area (Å²) in [4.78, 5) is 4.00. The molecule has 0 saturated carbocycles. The van der Waals surface area contributed by atoms with Crippen LogP contribution in [-0.4, -0.2) is 4.98 Å². The van der Waals surface area contributed by atoms with Crippen molar-refractivity contribution in [2.75, 3.05) is 0 Å². The first-order valence-electron chi connectivity index (χ1n) is 2.99. The van der Waals surface area contributed by atoms with Gasteiger partial charge < -0.3 is 5.73 Å². The smallest absolute Gasteiger partial charge is 0.0695 e. The van der Waals surface area contributed by atoms with Crippen LogP contribution in [0, 0.1) is 12.3 Å². The summed E-state index contributed by atoms with van der Waals surface area (Å²) in [6, 6.07) is 3.63. The van der Waals surface area contributed by atoms with E-state index in [1.165, 1.54) is 0 Å². The Morgan fingerprint density at radius 1 is 1.70 bits per heavy atom. The Balaban J connectivity index is 3.12. The van der Waals surface area contributed by atoms with E-state index in [0.29, 0.717) is 6.54 Å². The van der Waals surface area contributed by atoms with Crippen LogP contribution in [0.2, 0.25) is 0 Å². The Kier molecular flexibility index (Phi) is 2.03. The predicted octanol–water partition coefficient (Wildman–Crippen LogP) is 0.522. The van der Waals surface area contributed by atoms with Crippen molar-refractivity contribution in [3.8, 4) is 12.3 Å². The molecule has 0 fully saturated rings. The monoisotopic (exact) mass is 132 g/mol. The lowest BCUT2D eigenvalue weighted by Crippen LogP contribution is -2.01. The number of nitrogens with two attached hydrogens (primary N) is 1. The standard InChI is InChI=1S/C8H8N2/c1-2-7-4-3-5-10-8(7)6-9/h1,3-5H,6,9H2. The third kappa shape index (κ3) is 1.15. The second-order valence-corrected chi connectivity index (χ2v) is 1.85. The second-order valence-electron chi connectivity index (χ2n) is 1.85. The first-order chi connectivity index (χ1) is 4.88. The molecule has 2 nitrogen and oxygen atoms in total. The van der Waals surface area contributed by atoms with Gasteiger partial charge in [0, 0.05) is 18.3 Å². The topological polar surface area (TPSA) is 38.9 Å². The molecule has 1 rings (SSSR count). The van der Waals surface area contributed by atoms with Crippen molar-refractivity contribution in [1.82, 2.24) is 4.98 Å². The minimum Gasteiger partial charge on any atom is -0.325 e. The van der Waals surface area contributed by atoms with Crippen LogP contribution in [0.25, 0.3) is 0 Å². The molecule has 0 radical (unpaired) electrons. The lowest BCUT2D eigenvalue weighted by Gasteiger charge is -1.96. The normalized spacial score (nSPS) is 8.80.